The predicted octanol–water partition coefficient (Wildman–Crippen LogP) is -0.416. The molecule has 0 aliphatic carbocycles. The van der Waals surface area contributed by atoms with Crippen LogP contribution in [0, 0.1) is 0 Å². The number of anilines is 1. The van der Waals surface area contributed by atoms with Gasteiger partial charge in [0.15, 0.2) is 0 Å². The highest BCUT2D eigenvalue weighted by Crippen LogP contribution is 2.14. The molecule has 2 fully saturated rings. The molecular weight excluding hydrogens is 488 g/mol. The second-order valence-electron chi connectivity index (χ2n) is 10.3. The summed E-state index contributed by atoms with van der Waals surface area (Å²) in [5.74, 6) is -0.201. The molecule has 2 aliphatic rings. The average molecular weight is 527 g/mol. The number of carbonyl (C=O) groups excluding carboxylic acids is 2. The van der Waals surface area contributed by atoms with E-state index in [1.165, 1.54) is 22.0 Å². The van der Waals surface area contributed by atoms with Crippen molar-refractivity contribution in [2.75, 3.05) is 57.7 Å². The lowest BCUT2D eigenvalue weighted by Crippen LogP contribution is -2.60. The molecule has 0 saturated carbocycles. The highest BCUT2D eigenvalue weighted by Gasteiger charge is 2.34. The number of piperidine rings is 1. The van der Waals surface area contributed by atoms with Crippen LogP contribution in [-0.2, 0) is 11.2 Å². The number of nitrogens with zero attached hydrogens (tertiary/aromatic N) is 5. The number of piperazine rings is 1. The third-order valence-corrected chi connectivity index (χ3v) is 7.27. The summed E-state index contributed by atoms with van der Waals surface area (Å²) in [5, 5.41) is 12.0. The summed E-state index contributed by atoms with van der Waals surface area (Å²) in [7, 11) is 0. The SMILES string of the molecule is C[C@@](N)(CO)C(=O)N1CCN(C(=O)Nc2ccn(-c3ccc(CCN4CCC(N)CC4)cc3)c(=O)n2)CC1. The second kappa shape index (κ2) is 12.0. The minimum Gasteiger partial charge on any atom is -0.394 e. The summed E-state index contributed by atoms with van der Waals surface area (Å²) >= 11 is 0. The number of nitrogens with one attached hydrogen (secondary N) is 1. The molecule has 0 bridgehead atoms. The summed E-state index contributed by atoms with van der Waals surface area (Å²) in [5.41, 5.74) is 11.9. The Balaban J connectivity index is 1.29. The van der Waals surface area contributed by atoms with E-state index in [0.717, 1.165) is 38.9 Å². The highest BCUT2D eigenvalue weighted by molar-refractivity contribution is 5.89. The van der Waals surface area contributed by atoms with Crippen LogP contribution in [-0.4, -0.2) is 105 Å². The van der Waals surface area contributed by atoms with Gasteiger partial charge < -0.3 is 31.3 Å². The van der Waals surface area contributed by atoms with Crippen LogP contribution in [0.15, 0.2) is 41.3 Å². The Morgan fingerprint density at radius 3 is 2.29 bits per heavy atom. The molecule has 2 aromatic rings. The molecule has 0 spiro atoms. The highest BCUT2D eigenvalue weighted by atomic mass is 16.3. The molecular formula is C26H38N8O4. The Bertz CT molecular complexity index is 1170. The van der Waals surface area contributed by atoms with Crippen LogP contribution in [0.2, 0.25) is 0 Å². The number of rotatable bonds is 7. The topological polar surface area (TPSA) is 163 Å². The van der Waals surface area contributed by atoms with E-state index in [9.17, 15) is 19.5 Å². The van der Waals surface area contributed by atoms with E-state index in [-0.39, 0.29) is 11.7 Å². The summed E-state index contributed by atoms with van der Waals surface area (Å²) < 4.78 is 1.43. The van der Waals surface area contributed by atoms with Crippen molar-refractivity contribution < 1.29 is 14.7 Å². The summed E-state index contributed by atoms with van der Waals surface area (Å²) in [6.45, 7) is 5.29. The molecule has 6 N–H and O–H groups in total. The first kappa shape index (κ1) is 27.7. The predicted molar refractivity (Wildman–Crippen MR) is 144 cm³/mol. The van der Waals surface area contributed by atoms with Gasteiger partial charge in [-0.05, 0) is 63.0 Å². The number of aromatic nitrogens is 2. The minimum atomic E-state index is -1.35. The first-order chi connectivity index (χ1) is 18.2. The molecule has 4 rings (SSSR count). The molecule has 0 unspecified atom stereocenters. The second-order valence-corrected chi connectivity index (χ2v) is 10.3. The van der Waals surface area contributed by atoms with Crippen molar-refractivity contribution in [2.45, 2.75) is 37.8 Å². The van der Waals surface area contributed by atoms with E-state index in [4.69, 9.17) is 11.5 Å². The zero-order valence-corrected chi connectivity index (χ0v) is 21.9. The monoisotopic (exact) mass is 526 g/mol. The van der Waals surface area contributed by atoms with Gasteiger partial charge in [0.2, 0.25) is 5.91 Å². The zero-order valence-electron chi connectivity index (χ0n) is 21.9. The van der Waals surface area contributed by atoms with Crippen LogP contribution in [0.5, 0.6) is 0 Å². The van der Waals surface area contributed by atoms with Gasteiger partial charge in [-0.2, -0.15) is 4.98 Å². The fourth-order valence-electron chi connectivity index (χ4n) is 4.69. The first-order valence-electron chi connectivity index (χ1n) is 13.1. The van der Waals surface area contributed by atoms with Gasteiger partial charge in [-0.1, -0.05) is 12.1 Å². The van der Waals surface area contributed by atoms with Crippen molar-refractivity contribution >= 4 is 17.8 Å². The minimum absolute atomic E-state index is 0.155. The number of aliphatic hydroxyl groups is 1. The molecule has 1 aromatic heterocycles. The number of benzene rings is 1. The van der Waals surface area contributed by atoms with E-state index < -0.39 is 23.9 Å². The number of carbonyl (C=O) groups is 2. The van der Waals surface area contributed by atoms with Gasteiger partial charge in [-0.25, -0.2) is 9.59 Å². The van der Waals surface area contributed by atoms with Crippen molar-refractivity contribution in [3.63, 3.8) is 0 Å². The molecule has 12 nitrogen and oxygen atoms in total. The van der Waals surface area contributed by atoms with Gasteiger partial charge in [0.05, 0.1) is 12.3 Å². The fourth-order valence-corrected chi connectivity index (χ4v) is 4.69. The normalized spacial score (nSPS) is 18.7. The van der Waals surface area contributed by atoms with Crippen LogP contribution >= 0.6 is 0 Å². The first-order valence-corrected chi connectivity index (χ1v) is 13.1. The lowest BCUT2D eigenvalue weighted by molar-refractivity contribution is -0.139. The number of aliphatic hydroxyl groups excluding tert-OH is 1. The van der Waals surface area contributed by atoms with Crippen molar-refractivity contribution in [3.05, 3.63) is 52.6 Å². The number of hydrogen-bond donors (Lipinski definition) is 4. The van der Waals surface area contributed by atoms with Gasteiger partial charge >= 0.3 is 11.7 Å². The quantitative estimate of drug-likeness (QED) is 0.378. The van der Waals surface area contributed by atoms with Crippen LogP contribution in [0.25, 0.3) is 5.69 Å². The van der Waals surface area contributed by atoms with E-state index in [1.807, 2.05) is 24.3 Å². The number of amides is 3. The van der Waals surface area contributed by atoms with Gasteiger partial charge in [-0.3, -0.25) is 14.7 Å². The molecule has 2 aliphatic heterocycles. The average Bonchev–Trinajstić information content (AvgIpc) is 2.93. The van der Waals surface area contributed by atoms with E-state index in [1.54, 1.807) is 17.2 Å². The maximum Gasteiger partial charge on any atom is 0.354 e. The molecule has 12 heteroatoms. The fraction of sp³-hybridized carbons (Fsp3) is 0.538. The summed E-state index contributed by atoms with van der Waals surface area (Å²) in [4.78, 5) is 47.3. The Kier molecular flexibility index (Phi) is 8.77. The van der Waals surface area contributed by atoms with Crippen LogP contribution in [0.1, 0.15) is 25.3 Å². The maximum atomic E-state index is 12.7. The third-order valence-electron chi connectivity index (χ3n) is 7.27. The maximum absolute atomic E-state index is 12.7. The van der Waals surface area contributed by atoms with E-state index >= 15 is 0 Å². The molecule has 0 radical (unpaired) electrons. The van der Waals surface area contributed by atoms with Crippen molar-refractivity contribution in [3.8, 4) is 5.69 Å². The summed E-state index contributed by atoms with van der Waals surface area (Å²) in [6.07, 6.45) is 4.61. The lowest BCUT2D eigenvalue weighted by atomic mass is 10.0. The molecule has 3 heterocycles. The molecule has 206 valence electrons. The number of likely N-dealkylation sites (tertiary alicyclic amines) is 1. The van der Waals surface area contributed by atoms with Crippen LogP contribution in [0.3, 0.4) is 0 Å². The van der Waals surface area contributed by atoms with E-state index in [2.05, 4.69) is 15.2 Å². The molecule has 38 heavy (non-hydrogen) atoms. The van der Waals surface area contributed by atoms with Gasteiger partial charge in [0, 0.05) is 45.0 Å². The van der Waals surface area contributed by atoms with Gasteiger partial charge in [0.25, 0.3) is 0 Å². The van der Waals surface area contributed by atoms with Crippen LogP contribution < -0.4 is 22.5 Å². The lowest BCUT2D eigenvalue weighted by Gasteiger charge is -2.37. The largest absolute Gasteiger partial charge is 0.394 e. The Morgan fingerprint density at radius 2 is 1.68 bits per heavy atom. The standard InChI is InChI=1S/C26H38N8O4/c1-26(28,18-35)23(36)32-14-16-33(17-15-32)24(37)29-22-9-13-34(25(38)30-22)21-4-2-19(3-5-21)6-10-31-11-7-20(27)8-12-31/h2-5,9,13,20,35H,6-8,10-12,14-18,27-28H2,1H3,(H,29,30,37,38)/t26-/m1/s1. The molecule has 1 atom stereocenters. The Morgan fingerprint density at radius 1 is 1.05 bits per heavy atom. The Labute approximate surface area is 222 Å². The van der Waals surface area contributed by atoms with Crippen molar-refractivity contribution in [1.82, 2.24) is 24.3 Å². The number of hydrogen-bond acceptors (Lipinski definition) is 8. The van der Waals surface area contributed by atoms with Crippen LogP contribution in [0.4, 0.5) is 10.6 Å². The van der Waals surface area contributed by atoms with Gasteiger partial charge in [0.1, 0.15) is 11.4 Å². The molecule has 3 amide bonds. The smallest absolute Gasteiger partial charge is 0.354 e. The zero-order chi connectivity index (χ0) is 27.3. The Hall–Kier alpha value is -3.32. The summed E-state index contributed by atoms with van der Waals surface area (Å²) in [6, 6.07) is 9.33. The number of nitrogens with two attached hydrogens (primary N) is 2. The van der Waals surface area contributed by atoms with E-state index in [0.29, 0.717) is 37.9 Å². The van der Waals surface area contributed by atoms with Gasteiger partial charge in [-0.15, -0.1) is 0 Å². The molecule has 2 saturated heterocycles. The van der Waals surface area contributed by atoms with Crippen molar-refractivity contribution in [2.24, 2.45) is 11.5 Å². The molecule has 1 aromatic carbocycles. The third kappa shape index (κ3) is 6.76. The number of urea groups is 1. The van der Waals surface area contributed by atoms with Crippen molar-refractivity contribution in [1.29, 1.82) is 0 Å².